The first-order valence-electron chi connectivity index (χ1n) is 6.20. The topological polar surface area (TPSA) is 68.0 Å². The van der Waals surface area contributed by atoms with Crippen LogP contribution in [0, 0.1) is 5.82 Å². The normalized spacial score (nSPS) is 13.8. The Morgan fingerprint density at radius 3 is 2.81 bits per heavy atom. The molecule has 1 aromatic carbocycles. The predicted molar refractivity (Wildman–Crippen MR) is 82.8 cm³/mol. The van der Waals surface area contributed by atoms with Crippen molar-refractivity contribution in [2.24, 2.45) is 0 Å². The fourth-order valence-corrected chi connectivity index (χ4v) is 2.81. The van der Waals surface area contributed by atoms with Crippen molar-refractivity contribution in [1.82, 2.24) is 10.3 Å². The Morgan fingerprint density at radius 2 is 2.05 bits per heavy atom. The van der Waals surface area contributed by atoms with E-state index in [1.54, 1.807) is 12.1 Å². The number of aromatic nitrogens is 1. The standard InChI is InChI=1S/C14H10BrClFN3O/c15-10-4-9(13(18)20-12(10)16)8-3-6-1-2-19-14(21)7(6)5-11(8)17/h3-5H,1-2H2,(H2,18,20)(H,19,21). The Bertz CT molecular complexity index is 766. The lowest BCUT2D eigenvalue weighted by molar-refractivity contribution is 0.0945. The number of nitrogens with one attached hydrogen (secondary N) is 1. The van der Waals surface area contributed by atoms with Crippen LogP contribution in [0.5, 0.6) is 0 Å². The molecule has 108 valence electrons. The summed E-state index contributed by atoms with van der Waals surface area (Å²) in [4.78, 5) is 15.7. The summed E-state index contributed by atoms with van der Waals surface area (Å²) in [5.74, 6) is -0.638. The van der Waals surface area contributed by atoms with Gasteiger partial charge in [-0.3, -0.25) is 4.79 Å². The molecule has 1 aliphatic rings. The molecular formula is C14H10BrClFN3O. The van der Waals surface area contributed by atoms with Crippen LogP contribution < -0.4 is 11.1 Å². The summed E-state index contributed by atoms with van der Waals surface area (Å²) in [6.07, 6.45) is 0.649. The van der Waals surface area contributed by atoms with E-state index < -0.39 is 5.82 Å². The van der Waals surface area contributed by atoms with Gasteiger partial charge in [-0.15, -0.1) is 0 Å². The third-order valence-corrected chi connectivity index (χ3v) is 4.49. The molecule has 0 atom stereocenters. The van der Waals surface area contributed by atoms with Crippen LogP contribution in [0.3, 0.4) is 0 Å². The molecule has 3 N–H and O–H groups in total. The van der Waals surface area contributed by atoms with Gasteiger partial charge in [0.15, 0.2) is 0 Å². The van der Waals surface area contributed by atoms with Gasteiger partial charge in [0.2, 0.25) is 0 Å². The second-order valence-corrected chi connectivity index (χ2v) is 5.90. The molecule has 0 unspecified atom stereocenters. The van der Waals surface area contributed by atoms with Crippen LogP contribution >= 0.6 is 27.5 Å². The molecule has 0 fully saturated rings. The van der Waals surface area contributed by atoms with Crippen molar-refractivity contribution in [2.45, 2.75) is 6.42 Å². The zero-order valence-corrected chi connectivity index (χ0v) is 13.1. The van der Waals surface area contributed by atoms with Gasteiger partial charge in [0, 0.05) is 23.2 Å². The van der Waals surface area contributed by atoms with Crippen molar-refractivity contribution in [3.8, 4) is 11.1 Å². The van der Waals surface area contributed by atoms with Gasteiger partial charge in [0.25, 0.3) is 5.91 Å². The highest BCUT2D eigenvalue weighted by Crippen LogP contribution is 2.34. The van der Waals surface area contributed by atoms with E-state index in [1.165, 1.54) is 6.07 Å². The number of benzene rings is 1. The number of nitrogen functional groups attached to an aromatic ring is 1. The number of carbonyl (C=O) groups is 1. The summed E-state index contributed by atoms with van der Waals surface area (Å²) in [5, 5.41) is 2.90. The molecule has 1 amide bonds. The summed E-state index contributed by atoms with van der Waals surface area (Å²) in [5.41, 5.74) is 7.74. The second-order valence-electron chi connectivity index (χ2n) is 4.69. The summed E-state index contributed by atoms with van der Waals surface area (Å²) in [7, 11) is 0. The minimum Gasteiger partial charge on any atom is -0.383 e. The van der Waals surface area contributed by atoms with Gasteiger partial charge < -0.3 is 11.1 Å². The van der Waals surface area contributed by atoms with Crippen molar-refractivity contribution >= 4 is 39.3 Å². The van der Waals surface area contributed by atoms with E-state index in [2.05, 4.69) is 26.2 Å². The third kappa shape index (κ3) is 2.49. The average Bonchev–Trinajstić information content (AvgIpc) is 2.44. The number of fused-ring (bicyclic) bond motifs is 1. The van der Waals surface area contributed by atoms with Crippen LogP contribution in [0.15, 0.2) is 22.7 Å². The van der Waals surface area contributed by atoms with E-state index in [0.717, 1.165) is 5.56 Å². The molecule has 0 aliphatic carbocycles. The van der Waals surface area contributed by atoms with Gasteiger partial charge in [-0.05, 0) is 46.1 Å². The minimum atomic E-state index is -0.520. The molecule has 0 radical (unpaired) electrons. The van der Waals surface area contributed by atoms with Crippen molar-refractivity contribution in [3.63, 3.8) is 0 Å². The van der Waals surface area contributed by atoms with Gasteiger partial charge in [-0.1, -0.05) is 11.6 Å². The fraction of sp³-hybridized carbons (Fsp3) is 0.143. The lowest BCUT2D eigenvalue weighted by atomic mass is 9.94. The van der Waals surface area contributed by atoms with Crippen molar-refractivity contribution in [3.05, 3.63) is 44.8 Å². The highest BCUT2D eigenvalue weighted by atomic mass is 79.9. The lowest BCUT2D eigenvalue weighted by Gasteiger charge is -2.18. The predicted octanol–water partition coefficient (Wildman–Crippen LogP) is 3.17. The quantitative estimate of drug-likeness (QED) is 0.758. The molecule has 4 nitrogen and oxygen atoms in total. The largest absolute Gasteiger partial charge is 0.383 e. The molecule has 1 aliphatic heterocycles. The first kappa shape index (κ1) is 14.3. The average molecular weight is 371 g/mol. The number of anilines is 1. The lowest BCUT2D eigenvalue weighted by Crippen LogP contribution is -2.32. The SMILES string of the molecule is Nc1nc(Cl)c(Br)cc1-c1cc2c(cc1F)C(=O)NCC2. The van der Waals surface area contributed by atoms with E-state index in [4.69, 9.17) is 17.3 Å². The van der Waals surface area contributed by atoms with Crippen LogP contribution in [0.2, 0.25) is 5.15 Å². The van der Waals surface area contributed by atoms with Crippen molar-refractivity contribution in [1.29, 1.82) is 0 Å². The number of nitrogens with zero attached hydrogens (tertiary/aromatic N) is 1. The van der Waals surface area contributed by atoms with E-state index in [0.29, 0.717) is 34.1 Å². The molecule has 0 saturated heterocycles. The van der Waals surface area contributed by atoms with Crippen LogP contribution in [-0.4, -0.2) is 17.4 Å². The van der Waals surface area contributed by atoms with Crippen LogP contribution in [-0.2, 0) is 6.42 Å². The smallest absolute Gasteiger partial charge is 0.251 e. The molecule has 3 rings (SSSR count). The van der Waals surface area contributed by atoms with Gasteiger partial charge in [-0.25, -0.2) is 9.37 Å². The third-order valence-electron chi connectivity index (χ3n) is 3.37. The number of hydrogen-bond acceptors (Lipinski definition) is 3. The number of halogens is 3. The molecule has 7 heteroatoms. The number of carbonyl (C=O) groups excluding carboxylic acids is 1. The maximum absolute atomic E-state index is 14.3. The summed E-state index contributed by atoms with van der Waals surface area (Å²) >= 11 is 9.11. The summed E-state index contributed by atoms with van der Waals surface area (Å²) < 4.78 is 14.9. The van der Waals surface area contributed by atoms with E-state index in [-0.39, 0.29) is 16.9 Å². The molecule has 0 spiro atoms. The Morgan fingerprint density at radius 1 is 1.29 bits per heavy atom. The molecule has 21 heavy (non-hydrogen) atoms. The first-order chi connectivity index (χ1) is 9.97. The zero-order chi connectivity index (χ0) is 15.1. The molecule has 2 aromatic rings. The maximum atomic E-state index is 14.3. The zero-order valence-electron chi connectivity index (χ0n) is 10.7. The molecule has 2 heterocycles. The number of pyridine rings is 1. The molecular weight excluding hydrogens is 361 g/mol. The van der Waals surface area contributed by atoms with Crippen LogP contribution in [0.4, 0.5) is 10.2 Å². The van der Waals surface area contributed by atoms with E-state index in [1.807, 2.05) is 0 Å². The van der Waals surface area contributed by atoms with E-state index >= 15 is 0 Å². The van der Waals surface area contributed by atoms with Gasteiger partial charge >= 0.3 is 0 Å². The molecule has 0 saturated carbocycles. The number of hydrogen-bond donors (Lipinski definition) is 2. The van der Waals surface area contributed by atoms with Gasteiger partial charge in [0.1, 0.15) is 16.8 Å². The van der Waals surface area contributed by atoms with Crippen LogP contribution in [0.1, 0.15) is 15.9 Å². The van der Waals surface area contributed by atoms with Crippen molar-refractivity contribution < 1.29 is 9.18 Å². The maximum Gasteiger partial charge on any atom is 0.251 e. The van der Waals surface area contributed by atoms with Crippen LogP contribution in [0.25, 0.3) is 11.1 Å². The Labute approximate surface area is 133 Å². The summed E-state index contributed by atoms with van der Waals surface area (Å²) in [6, 6.07) is 4.51. The second kappa shape index (κ2) is 5.27. The Kier molecular flexibility index (Phi) is 3.59. The Hall–Kier alpha value is -1.66. The number of rotatable bonds is 1. The van der Waals surface area contributed by atoms with Gasteiger partial charge in [-0.2, -0.15) is 0 Å². The molecule has 0 bridgehead atoms. The van der Waals surface area contributed by atoms with Crippen molar-refractivity contribution in [2.75, 3.05) is 12.3 Å². The monoisotopic (exact) mass is 369 g/mol. The Balaban J connectivity index is 2.20. The number of nitrogens with two attached hydrogens (primary N) is 1. The van der Waals surface area contributed by atoms with E-state index in [9.17, 15) is 9.18 Å². The minimum absolute atomic E-state index is 0.141. The fourth-order valence-electron chi connectivity index (χ4n) is 2.34. The molecule has 1 aromatic heterocycles. The highest BCUT2D eigenvalue weighted by Gasteiger charge is 2.21. The first-order valence-corrected chi connectivity index (χ1v) is 7.37. The summed E-state index contributed by atoms with van der Waals surface area (Å²) in [6.45, 7) is 0.537. The number of amides is 1. The van der Waals surface area contributed by atoms with Gasteiger partial charge in [0.05, 0.1) is 4.47 Å². The highest BCUT2D eigenvalue weighted by molar-refractivity contribution is 9.10.